The van der Waals surface area contributed by atoms with Crippen LogP contribution in [0.15, 0.2) is 24.3 Å². The van der Waals surface area contributed by atoms with E-state index in [1.807, 2.05) is 30.8 Å². The Labute approximate surface area is 120 Å². The molecule has 19 heavy (non-hydrogen) atoms. The number of hydrogen-bond acceptors (Lipinski definition) is 4. The first-order valence-corrected chi connectivity index (χ1v) is 8.14. The summed E-state index contributed by atoms with van der Waals surface area (Å²) in [6, 6.07) is 9.14. The van der Waals surface area contributed by atoms with Crippen molar-refractivity contribution < 1.29 is 4.74 Å². The zero-order valence-electron chi connectivity index (χ0n) is 11.8. The van der Waals surface area contributed by atoms with Gasteiger partial charge in [0.05, 0.1) is 12.6 Å². The average molecular weight is 280 g/mol. The van der Waals surface area contributed by atoms with E-state index in [9.17, 15) is 0 Å². The maximum absolute atomic E-state index is 6.03. The predicted molar refractivity (Wildman–Crippen MR) is 82.9 cm³/mol. The molecule has 0 saturated carbocycles. The van der Waals surface area contributed by atoms with E-state index in [1.165, 1.54) is 23.5 Å². The van der Waals surface area contributed by atoms with Crippen molar-refractivity contribution in [1.29, 1.82) is 0 Å². The van der Waals surface area contributed by atoms with E-state index in [0.29, 0.717) is 19.2 Å². The van der Waals surface area contributed by atoms with Gasteiger partial charge in [0.15, 0.2) is 0 Å². The Morgan fingerprint density at radius 3 is 2.89 bits per heavy atom. The molecule has 0 aliphatic carbocycles. The minimum Gasteiger partial charge on any atom is -0.494 e. The van der Waals surface area contributed by atoms with Crippen LogP contribution in [-0.4, -0.2) is 42.6 Å². The number of para-hydroxylation sites is 1. The third kappa shape index (κ3) is 3.44. The van der Waals surface area contributed by atoms with Crippen molar-refractivity contribution in [3.05, 3.63) is 29.8 Å². The highest BCUT2D eigenvalue weighted by Gasteiger charge is 2.27. The summed E-state index contributed by atoms with van der Waals surface area (Å²) < 4.78 is 5.75. The molecular formula is C15H24N2OS. The number of thioether (sulfide) groups is 1. The number of likely N-dealkylation sites (N-methyl/N-ethyl adjacent to an activating group) is 1. The molecule has 1 fully saturated rings. The highest BCUT2D eigenvalue weighted by Crippen LogP contribution is 2.32. The minimum absolute atomic E-state index is 0.242. The molecule has 2 rings (SSSR count). The van der Waals surface area contributed by atoms with Gasteiger partial charge in [-0.25, -0.2) is 0 Å². The molecule has 4 heteroatoms. The number of nitrogens with two attached hydrogens (primary N) is 1. The Morgan fingerprint density at radius 1 is 1.47 bits per heavy atom. The molecule has 0 bridgehead atoms. The monoisotopic (exact) mass is 280 g/mol. The van der Waals surface area contributed by atoms with Gasteiger partial charge in [-0.2, -0.15) is 11.8 Å². The second-order valence-corrected chi connectivity index (χ2v) is 6.06. The fourth-order valence-corrected chi connectivity index (χ4v) is 3.93. The summed E-state index contributed by atoms with van der Waals surface area (Å²) in [5.41, 5.74) is 7.25. The molecular weight excluding hydrogens is 256 g/mol. The lowest BCUT2D eigenvalue weighted by Crippen LogP contribution is -2.38. The van der Waals surface area contributed by atoms with Gasteiger partial charge in [-0.05, 0) is 32.2 Å². The SMILES string of the molecule is CCOc1ccccc1C(CN)N(C)C1CCSC1. The fourth-order valence-electron chi connectivity index (χ4n) is 2.65. The minimum atomic E-state index is 0.242. The second-order valence-electron chi connectivity index (χ2n) is 4.91. The van der Waals surface area contributed by atoms with Crippen LogP contribution in [0.4, 0.5) is 0 Å². The number of ether oxygens (including phenoxy) is 1. The number of benzene rings is 1. The Balaban J connectivity index is 2.20. The van der Waals surface area contributed by atoms with Crippen molar-refractivity contribution in [2.75, 3.05) is 31.7 Å². The molecule has 1 aliphatic rings. The van der Waals surface area contributed by atoms with Crippen LogP contribution in [0.1, 0.15) is 24.9 Å². The van der Waals surface area contributed by atoms with E-state index in [1.54, 1.807) is 0 Å². The quantitative estimate of drug-likeness (QED) is 0.869. The second kappa shape index (κ2) is 7.17. The van der Waals surface area contributed by atoms with Crippen LogP contribution in [0.25, 0.3) is 0 Å². The van der Waals surface area contributed by atoms with Gasteiger partial charge < -0.3 is 10.5 Å². The predicted octanol–water partition coefficient (Wildman–Crippen LogP) is 2.52. The molecule has 0 aromatic heterocycles. The van der Waals surface area contributed by atoms with Gasteiger partial charge in [-0.15, -0.1) is 0 Å². The van der Waals surface area contributed by atoms with E-state index < -0.39 is 0 Å². The van der Waals surface area contributed by atoms with E-state index >= 15 is 0 Å². The number of nitrogens with zero attached hydrogens (tertiary/aromatic N) is 1. The van der Waals surface area contributed by atoms with E-state index in [0.717, 1.165) is 5.75 Å². The maximum Gasteiger partial charge on any atom is 0.124 e. The normalized spacial score (nSPS) is 20.7. The molecule has 2 atom stereocenters. The van der Waals surface area contributed by atoms with Crippen molar-refractivity contribution in [2.45, 2.75) is 25.4 Å². The lowest BCUT2D eigenvalue weighted by molar-refractivity contribution is 0.188. The zero-order valence-corrected chi connectivity index (χ0v) is 12.7. The summed E-state index contributed by atoms with van der Waals surface area (Å²) in [5.74, 6) is 3.45. The van der Waals surface area contributed by atoms with Crippen molar-refractivity contribution in [3.63, 3.8) is 0 Å². The lowest BCUT2D eigenvalue weighted by atomic mass is 10.0. The van der Waals surface area contributed by atoms with Crippen LogP contribution in [0, 0.1) is 0 Å². The number of rotatable bonds is 6. The van der Waals surface area contributed by atoms with Crippen LogP contribution in [0.2, 0.25) is 0 Å². The molecule has 2 unspecified atom stereocenters. The lowest BCUT2D eigenvalue weighted by Gasteiger charge is -2.33. The summed E-state index contributed by atoms with van der Waals surface area (Å²) in [5, 5.41) is 0. The Kier molecular flexibility index (Phi) is 5.55. The first kappa shape index (κ1) is 14.7. The fraction of sp³-hybridized carbons (Fsp3) is 0.600. The topological polar surface area (TPSA) is 38.5 Å². The van der Waals surface area contributed by atoms with Gasteiger partial charge in [0, 0.05) is 23.9 Å². The molecule has 3 nitrogen and oxygen atoms in total. The summed E-state index contributed by atoms with van der Waals surface area (Å²) in [7, 11) is 2.19. The van der Waals surface area contributed by atoms with Gasteiger partial charge in [-0.3, -0.25) is 4.90 Å². The molecule has 0 radical (unpaired) electrons. The Bertz CT molecular complexity index is 393. The summed E-state index contributed by atoms with van der Waals surface area (Å²) in [6.07, 6.45) is 1.26. The third-order valence-electron chi connectivity index (χ3n) is 3.77. The van der Waals surface area contributed by atoms with E-state index in [4.69, 9.17) is 10.5 Å². The number of hydrogen-bond donors (Lipinski definition) is 1. The van der Waals surface area contributed by atoms with Crippen LogP contribution in [0.3, 0.4) is 0 Å². The van der Waals surface area contributed by atoms with Gasteiger partial charge in [0.1, 0.15) is 5.75 Å². The molecule has 1 aromatic rings. The Hall–Kier alpha value is -0.710. The van der Waals surface area contributed by atoms with Crippen molar-refractivity contribution in [2.24, 2.45) is 5.73 Å². The highest BCUT2D eigenvalue weighted by molar-refractivity contribution is 7.99. The Morgan fingerprint density at radius 2 is 2.26 bits per heavy atom. The molecule has 0 spiro atoms. The first-order chi connectivity index (χ1) is 9.27. The third-order valence-corrected chi connectivity index (χ3v) is 4.92. The van der Waals surface area contributed by atoms with Crippen LogP contribution in [0.5, 0.6) is 5.75 Å². The van der Waals surface area contributed by atoms with Gasteiger partial charge in [0.2, 0.25) is 0 Å². The molecule has 1 aromatic carbocycles. The molecule has 2 N–H and O–H groups in total. The van der Waals surface area contributed by atoms with Crippen molar-refractivity contribution >= 4 is 11.8 Å². The smallest absolute Gasteiger partial charge is 0.124 e. The summed E-state index contributed by atoms with van der Waals surface area (Å²) in [4.78, 5) is 2.43. The van der Waals surface area contributed by atoms with E-state index in [-0.39, 0.29) is 6.04 Å². The molecule has 0 amide bonds. The highest BCUT2D eigenvalue weighted by atomic mass is 32.2. The molecule has 106 valence electrons. The summed E-state index contributed by atoms with van der Waals surface area (Å²) in [6.45, 7) is 3.34. The summed E-state index contributed by atoms with van der Waals surface area (Å²) >= 11 is 2.03. The molecule has 1 saturated heterocycles. The van der Waals surface area contributed by atoms with Crippen LogP contribution >= 0.6 is 11.8 Å². The molecule has 1 aliphatic heterocycles. The van der Waals surface area contributed by atoms with Crippen LogP contribution in [-0.2, 0) is 0 Å². The van der Waals surface area contributed by atoms with Crippen molar-refractivity contribution in [3.8, 4) is 5.75 Å². The van der Waals surface area contributed by atoms with E-state index in [2.05, 4.69) is 24.1 Å². The first-order valence-electron chi connectivity index (χ1n) is 6.99. The van der Waals surface area contributed by atoms with Crippen molar-refractivity contribution in [1.82, 2.24) is 4.90 Å². The average Bonchev–Trinajstić information content (AvgIpc) is 2.95. The largest absolute Gasteiger partial charge is 0.494 e. The zero-order chi connectivity index (χ0) is 13.7. The van der Waals surface area contributed by atoms with Crippen LogP contribution < -0.4 is 10.5 Å². The van der Waals surface area contributed by atoms with Gasteiger partial charge in [-0.1, -0.05) is 18.2 Å². The van der Waals surface area contributed by atoms with Gasteiger partial charge in [0.25, 0.3) is 0 Å². The maximum atomic E-state index is 6.03. The standard InChI is InChI=1S/C15H24N2OS/c1-3-18-15-7-5-4-6-13(15)14(10-16)17(2)12-8-9-19-11-12/h4-7,12,14H,3,8-11,16H2,1-2H3. The molecule has 1 heterocycles. The van der Waals surface area contributed by atoms with Gasteiger partial charge >= 0.3 is 0 Å².